The first kappa shape index (κ1) is 15.0. The lowest BCUT2D eigenvalue weighted by atomic mass is 10.0. The predicted molar refractivity (Wildman–Crippen MR) is 82.3 cm³/mol. The van der Waals surface area contributed by atoms with Crippen LogP contribution in [-0.2, 0) is 25.0 Å². The average Bonchev–Trinajstić information content (AvgIpc) is 2.57. The highest BCUT2D eigenvalue weighted by atomic mass is 35.5. The molecule has 0 aliphatic carbocycles. The number of halogens is 1. The molecule has 2 atom stereocenters. The molecule has 6 nitrogen and oxygen atoms in total. The van der Waals surface area contributed by atoms with Gasteiger partial charge in [0, 0.05) is 12.1 Å². The summed E-state index contributed by atoms with van der Waals surface area (Å²) in [5, 5.41) is 0.146. The molecule has 21 heavy (non-hydrogen) atoms. The fourth-order valence-corrected chi connectivity index (χ4v) is 4.57. The van der Waals surface area contributed by atoms with E-state index in [0.29, 0.717) is 31.3 Å². The second kappa shape index (κ2) is 4.79. The molecule has 2 aliphatic rings. The Kier molecular flexibility index (Phi) is 3.42. The van der Waals surface area contributed by atoms with Crippen molar-refractivity contribution in [2.45, 2.75) is 37.3 Å². The van der Waals surface area contributed by atoms with E-state index in [1.54, 1.807) is 13.8 Å². The van der Waals surface area contributed by atoms with Crippen LogP contribution < -0.4 is 4.90 Å². The molecule has 1 N–H and O–H groups in total. The van der Waals surface area contributed by atoms with Crippen molar-refractivity contribution in [2.24, 2.45) is 0 Å². The van der Waals surface area contributed by atoms with Gasteiger partial charge in [-0.1, -0.05) is 0 Å². The highest BCUT2D eigenvalue weighted by Gasteiger charge is 2.45. The van der Waals surface area contributed by atoms with Crippen LogP contribution in [0.1, 0.15) is 32.0 Å². The van der Waals surface area contributed by atoms with E-state index in [1.807, 2.05) is 0 Å². The summed E-state index contributed by atoms with van der Waals surface area (Å²) in [4.78, 5) is 10.8. The number of hydrogen-bond acceptors (Lipinski definition) is 6. The number of nitrogens with one attached hydrogen (secondary N) is 1. The molecule has 1 unspecified atom stereocenters. The van der Waals surface area contributed by atoms with Gasteiger partial charge < -0.3 is 9.64 Å². The Morgan fingerprint density at radius 1 is 1.48 bits per heavy atom. The standard InChI is InChI=1S/C13H19ClN4O2S/c1-8-6-20-5-4-18(8)11-9-7-21(15,19)13(2,3)10(9)16-12(14)17-11/h8,15H,4-7H2,1-3H3/t8-,21?/m1/s1. The molecule has 3 rings (SSSR count). The molecule has 0 spiro atoms. The molecule has 0 radical (unpaired) electrons. The molecule has 8 heteroatoms. The summed E-state index contributed by atoms with van der Waals surface area (Å²) >= 11 is 6.08. The van der Waals surface area contributed by atoms with Crippen LogP contribution in [0.15, 0.2) is 0 Å². The molecule has 116 valence electrons. The number of rotatable bonds is 1. The fourth-order valence-electron chi connectivity index (χ4n) is 2.90. The zero-order valence-corrected chi connectivity index (χ0v) is 13.9. The van der Waals surface area contributed by atoms with E-state index in [0.717, 1.165) is 5.56 Å². The fraction of sp³-hybridized carbons (Fsp3) is 0.692. The zero-order chi connectivity index (χ0) is 15.4. The molecule has 0 amide bonds. The lowest BCUT2D eigenvalue weighted by Gasteiger charge is -2.35. The average molecular weight is 331 g/mol. The van der Waals surface area contributed by atoms with Gasteiger partial charge in [0.1, 0.15) is 5.82 Å². The van der Waals surface area contributed by atoms with Crippen molar-refractivity contribution in [1.82, 2.24) is 9.97 Å². The topological polar surface area (TPSA) is 79.2 Å². The van der Waals surface area contributed by atoms with Gasteiger partial charge in [-0.15, -0.1) is 0 Å². The van der Waals surface area contributed by atoms with Crippen molar-refractivity contribution in [2.75, 3.05) is 24.7 Å². The maximum Gasteiger partial charge on any atom is 0.224 e. The van der Waals surface area contributed by atoms with Crippen LogP contribution in [0.3, 0.4) is 0 Å². The predicted octanol–water partition coefficient (Wildman–Crippen LogP) is 2.15. The van der Waals surface area contributed by atoms with Crippen LogP contribution in [0.5, 0.6) is 0 Å². The van der Waals surface area contributed by atoms with Gasteiger partial charge in [-0.05, 0) is 32.4 Å². The minimum absolute atomic E-state index is 0.146. The van der Waals surface area contributed by atoms with Crippen LogP contribution in [0.2, 0.25) is 5.28 Å². The van der Waals surface area contributed by atoms with E-state index in [-0.39, 0.29) is 17.1 Å². The zero-order valence-electron chi connectivity index (χ0n) is 12.4. The first-order valence-electron chi connectivity index (χ1n) is 6.91. The number of nitrogens with zero attached hydrogens (tertiary/aromatic N) is 3. The van der Waals surface area contributed by atoms with Gasteiger partial charge in [-0.2, -0.15) is 0 Å². The Bertz CT molecular complexity index is 690. The molecule has 0 saturated carbocycles. The summed E-state index contributed by atoms with van der Waals surface area (Å²) in [5.74, 6) is 0.901. The molecule has 1 saturated heterocycles. The van der Waals surface area contributed by atoms with Gasteiger partial charge in [0.15, 0.2) is 0 Å². The Balaban J connectivity index is 2.18. The summed E-state index contributed by atoms with van der Waals surface area (Å²) in [6.07, 6.45) is 0. The third kappa shape index (κ3) is 2.22. The minimum Gasteiger partial charge on any atom is -0.377 e. The molecule has 1 aromatic rings. The van der Waals surface area contributed by atoms with Crippen LogP contribution in [0.4, 0.5) is 5.82 Å². The van der Waals surface area contributed by atoms with Gasteiger partial charge in [-0.25, -0.2) is 14.2 Å². The Hall–Kier alpha value is -0.920. The Morgan fingerprint density at radius 3 is 2.86 bits per heavy atom. The third-order valence-corrected chi connectivity index (χ3v) is 7.05. The van der Waals surface area contributed by atoms with Crippen LogP contribution >= 0.6 is 11.6 Å². The second-order valence-electron chi connectivity index (χ2n) is 6.09. The quantitative estimate of drug-likeness (QED) is 0.798. The summed E-state index contributed by atoms with van der Waals surface area (Å²) in [6, 6.07) is 0.166. The lowest BCUT2D eigenvalue weighted by molar-refractivity contribution is 0.0984. The number of fused-ring (bicyclic) bond motifs is 1. The molecule has 0 bridgehead atoms. The molecule has 1 fully saturated rings. The van der Waals surface area contributed by atoms with E-state index in [2.05, 4.69) is 21.8 Å². The van der Waals surface area contributed by atoms with Gasteiger partial charge in [0.2, 0.25) is 5.28 Å². The minimum atomic E-state index is -2.80. The molecule has 0 aromatic carbocycles. The number of ether oxygens (including phenoxy) is 1. The number of anilines is 1. The van der Waals surface area contributed by atoms with Gasteiger partial charge in [0.05, 0.1) is 45.2 Å². The van der Waals surface area contributed by atoms with Crippen molar-refractivity contribution >= 4 is 27.1 Å². The lowest BCUT2D eigenvalue weighted by Crippen LogP contribution is -2.44. The highest BCUT2D eigenvalue weighted by Crippen LogP contribution is 2.44. The van der Waals surface area contributed by atoms with E-state index < -0.39 is 14.5 Å². The van der Waals surface area contributed by atoms with E-state index in [1.165, 1.54) is 0 Å². The van der Waals surface area contributed by atoms with Crippen LogP contribution in [0.25, 0.3) is 0 Å². The molecule has 2 aliphatic heterocycles. The number of morpholine rings is 1. The number of hydrogen-bond donors (Lipinski definition) is 1. The first-order valence-corrected chi connectivity index (χ1v) is 9.02. The second-order valence-corrected chi connectivity index (χ2v) is 9.09. The Morgan fingerprint density at radius 2 is 2.19 bits per heavy atom. The smallest absolute Gasteiger partial charge is 0.224 e. The summed E-state index contributed by atoms with van der Waals surface area (Å²) in [5.41, 5.74) is 1.45. The maximum absolute atomic E-state index is 12.6. The first-order chi connectivity index (χ1) is 9.74. The van der Waals surface area contributed by atoms with Gasteiger partial charge >= 0.3 is 0 Å². The maximum atomic E-state index is 12.6. The molecular weight excluding hydrogens is 312 g/mol. The van der Waals surface area contributed by atoms with Crippen molar-refractivity contribution in [1.29, 1.82) is 4.78 Å². The SMILES string of the molecule is C[C@@H]1COCCN1c1nc(Cl)nc2c1CS(=N)(=O)C2(C)C. The normalized spacial score (nSPS) is 31.2. The van der Waals surface area contributed by atoms with Crippen LogP contribution in [-0.4, -0.2) is 40.0 Å². The molecule has 1 aromatic heterocycles. The van der Waals surface area contributed by atoms with E-state index >= 15 is 0 Å². The monoisotopic (exact) mass is 330 g/mol. The van der Waals surface area contributed by atoms with Crippen molar-refractivity contribution in [3.63, 3.8) is 0 Å². The van der Waals surface area contributed by atoms with E-state index in [9.17, 15) is 4.21 Å². The van der Waals surface area contributed by atoms with Crippen molar-refractivity contribution < 1.29 is 8.95 Å². The summed E-state index contributed by atoms with van der Waals surface area (Å²) < 4.78 is 25.5. The van der Waals surface area contributed by atoms with E-state index in [4.69, 9.17) is 21.1 Å². The molecule has 3 heterocycles. The number of aromatic nitrogens is 2. The largest absolute Gasteiger partial charge is 0.377 e. The highest BCUT2D eigenvalue weighted by molar-refractivity contribution is 7.92. The molecular formula is C13H19ClN4O2S. The van der Waals surface area contributed by atoms with Gasteiger partial charge in [0.25, 0.3) is 0 Å². The van der Waals surface area contributed by atoms with Crippen molar-refractivity contribution in [3.05, 3.63) is 16.5 Å². The summed E-state index contributed by atoms with van der Waals surface area (Å²) in [7, 11) is -2.80. The third-order valence-electron chi connectivity index (χ3n) is 4.34. The van der Waals surface area contributed by atoms with Crippen LogP contribution in [0, 0.1) is 4.78 Å². The Labute approximate surface area is 129 Å². The van der Waals surface area contributed by atoms with Gasteiger partial charge in [-0.3, -0.25) is 4.78 Å². The van der Waals surface area contributed by atoms with Crippen molar-refractivity contribution in [3.8, 4) is 0 Å². The summed E-state index contributed by atoms with van der Waals surface area (Å²) in [6.45, 7) is 7.60.